The molecule has 2 aliphatic heterocycles. The molecule has 1 atom stereocenters. The van der Waals surface area contributed by atoms with E-state index < -0.39 is 0 Å². The molecule has 0 N–H and O–H groups in total. The van der Waals surface area contributed by atoms with E-state index in [1.807, 2.05) is 18.2 Å². The van der Waals surface area contributed by atoms with Crippen LogP contribution in [-0.4, -0.2) is 74.1 Å². The Labute approximate surface area is 158 Å². The summed E-state index contributed by atoms with van der Waals surface area (Å²) in [6.45, 7) is 4.25. The maximum Gasteiger partial charge on any atom is 0.409 e. The average Bonchev–Trinajstić information content (AvgIpc) is 3.09. The first kappa shape index (κ1) is 19.0. The van der Waals surface area contributed by atoms with E-state index in [0.29, 0.717) is 50.8 Å². The Morgan fingerprint density at radius 1 is 1.11 bits per heavy atom. The number of carbonyl (C=O) groups is 3. The average molecular weight is 375 g/mol. The van der Waals surface area contributed by atoms with Crippen LogP contribution in [0.25, 0.3) is 0 Å². The third-order valence-electron chi connectivity index (χ3n) is 4.97. The number of benzene rings is 1. The molecule has 0 radical (unpaired) electrons. The minimum absolute atomic E-state index is 0.0377. The van der Waals surface area contributed by atoms with Gasteiger partial charge < -0.3 is 24.2 Å². The smallest absolute Gasteiger partial charge is 0.409 e. The summed E-state index contributed by atoms with van der Waals surface area (Å²) in [7, 11) is 1.56. The molecule has 2 aliphatic rings. The number of rotatable bonds is 4. The Kier molecular flexibility index (Phi) is 5.83. The van der Waals surface area contributed by atoms with Gasteiger partial charge in [0.2, 0.25) is 11.8 Å². The molecule has 0 saturated carbocycles. The van der Waals surface area contributed by atoms with Crippen molar-refractivity contribution in [3.05, 3.63) is 24.3 Å². The van der Waals surface area contributed by atoms with Crippen LogP contribution in [-0.2, 0) is 14.3 Å². The zero-order valence-electron chi connectivity index (χ0n) is 15.7. The van der Waals surface area contributed by atoms with Crippen LogP contribution < -0.4 is 9.64 Å². The zero-order chi connectivity index (χ0) is 19.4. The van der Waals surface area contributed by atoms with Crippen molar-refractivity contribution in [1.82, 2.24) is 9.80 Å². The van der Waals surface area contributed by atoms with E-state index in [2.05, 4.69) is 0 Å². The number of amides is 3. The lowest BCUT2D eigenvalue weighted by atomic mass is 10.1. The number of anilines is 1. The van der Waals surface area contributed by atoms with Crippen LogP contribution in [0.2, 0.25) is 0 Å². The van der Waals surface area contributed by atoms with E-state index in [1.54, 1.807) is 34.8 Å². The summed E-state index contributed by atoms with van der Waals surface area (Å²) in [6.07, 6.45) is -0.155. The summed E-state index contributed by atoms with van der Waals surface area (Å²) in [6, 6.07) is 7.30. The summed E-state index contributed by atoms with van der Waals surface area (Å²) < 4.78 is 10.3. The molecule has 0 bridgehead atoms. The Morgan fingerprint density at radius 3 is 2.44 bits per heavy atom. The second-order valence-corrected chi connectivity index (χ2v) is 6.59. The van der Waals surface area contributed by atoms with Gasteiger partial charge in [-0.3, -0.25) is 9.59 Å². The van der Waals surface area contributed by atoms with Crippen LogP contribution in [0.15, 0.2) is 24.3 Å². The van der Waals surface area contributed by atoms with Gasteiger partial charge in [0.1, 0.15) is 5.75 Å². The normalized spacial score (nSPS) is 20.0. The number of nitrogens with zero attached hydrogens (tertiary/aromatic N) is 3. The highest BCUT2D eigenvalue weighted by Crippen LogP contribution is 2.33. The second kappa shape index (κ2) is 8.28. The Hall–Kier alpha value is -2.77. The molecule has 1 aromatic carbocycles. The van der Waals surface area contributed by atoms with Gasteiger partial charge in [-0.05, 0) is 19.1 Å². The molecule has 27 heavy (non-hydrogen) atoms. The van der Waals surface area contributed by atoms with E-state index in [4.69, 9.17) is 9.47 Å². The Bertz CT molecular complexity index is 715. The molecule has 8 nitrogen and oxygen atoms in total. The molecule has 3 amide bonds. The topological polar surface area (TPSA) is 79.4 Å². The fourth-order valence-electron chi connectivity index (χ4n) is 3.54. The highest BCUT2D eigenvalue weighted by Gasteiger charge is 2.39. The van der Waals surface area contributed by atoms with Crippen molar-refractivity contribution in [3.8, 4) is 5.75 Å². The van der Waals surface area contributed by atoms with Gasteiger partial charge in [-0.25, -0.2) is 4.79 Å². The van der Waals surface area contributed by atoms with Crippen molar-refractivity contribution in [2.24, 2.45) is 5.92 Å². The number of hydrogen-bond acceptors (Lipinski definition) is 5. The van der Waals surface area contributed by atoms with Crippen LogP contribution >= 0.6 is 0 Å². The maximum atomic E-state index is 12.9. The predicted molar refractivity (Wildman–Crippen MR) is 98.6 cm³/mol. The second-order valence-electron chi connectivity index (χ2n) is 6.59. The van der Waals surface area contributed by atoms with E-state index in [9.17, 15) is 14.4 Å². The molecule has 0 aromatic heterocycles. The SMILES string of the molecule is CCOC(=O)N1CCN(C(=O)[C@H]2CC(=O)N(c3ccccc3OC)C2)CC1. The van der Waals surface area contributed by atoms with Crippen molar-refractivity contribution in [2.75, 3.05) is 51.3 Å². The lowest BCUT2D eigenvalue weighted by molar-refractivity contribution is -0.137. The largest absolute Gasteiger partial charge is 0.495 e. The number of carbonyl (C=O) groups excluding carboxylic acids is 3. The highest BCUT2D eigenvalue weighted by atomic mass is 16.6. The van der Waals surface area contributed by atoms with Gasteiger partial charge in [-0.2, -0.15) is 0 Å². The molecule has 3 rings (SSSR count). The van der Waals surface area contributed by atoms with Crippen molar-refractivity contribution in [1.29, 1.82) is 0 Å². The molecule has 2 heterocycles. The molecule has 2 saturated heterocycles. The van der Waals surface area contributed by atoms with Crippen LogP contribution in [0, 0.1) is 5.92 Å². The monoisotopic (exact) mass is 375 g/mol. The molecule has 8 heteroatoms. The van der Waals surface area contributed by atoms with Gasteiger partial charge in [-0.15, -0.1) is 0 Å². The van der Waals surface area contributed by atoms with Gasteiger partial charge in [0.25, 0.3) is 0 Å². The van der Waals surface area contributed by atoms with Crippen LogP contribution in [0.1, 0.15) is 13.3 Å². The first-order chi connectivity index (χ1) is 13.0. The van der Waals surface area contributed by atoms with Gasteiger partial charge in [-0.1, -0.05) is 12.1 Å². The number of methoxy groups -OCH3 is 1. The Morgan fingerprint density at radius 2 is 1.78 bits per heavy atom. The first-order valence-electron chi connectivity index (χ1n) is 9.19. The quantitative estimate of drug-likeness (QED) is 0.794. The van der Waals surface area contributed by atoms with Gasteiger partial charge >= 0.3 is 6.09 Å². The lowest BCUT2D eigenvalue weighted by Gasteiger charge is -2.35. The van der Waals surface area contributed by atoms with E-state index >= 15 is 0 Å². The van der Waals surface area contributed by atoms with Crippen LogP contribution in [0.4, 0.5) is 10.5 Å². The van der Waals surface area contributed by atoms with E-state index in [0.717, 1.165) is 0 Å². The molecule has 146 valence electrons. The van der Waals surface area contributed by atoms with Crippen LogP contribution in [0.3, 0.4) is 0 Å². The molecule has 1 aromatic rings. The molecule has 0 spiro atoms. The van der Waals surface area contributed by atoms with E-state index in [1.165, 1.54) is 0 Å². The summed E-state index contributed by atoms with van der Waals surface area (Å²) >= 11 is 0. The van der Waals surface area contributed by atoms with Crippen molar-refractivity contribution in [2.45, 2.75) is 13.3 Å². The first-order valence-corrected chi connectivity index (χ1v) is 9.19. The molecule has 2 fully saturated rings. The number of ether oxygens (including phenoxy) is 2. The molecule has 0 unspecified atom stereocenters. The number of para-hydroxylation sites is 2. The zero-order valence-corrected chi connectivity index (χ0v) is 15.7. The molecular weight excluding hydrogens is 350 g/mol. The highest BCUT2D eigenvalue weighted by molar-refractivity contribution is 6.01. The summed E-state index contributed by atoms with van der Waals surface area (Å²) in [4.78, 5) is 42.1. The van der Waals surface area contributed by atoms with E-state index in [-0.39, 0.29) is 30.2 Å². The van der Waals surface area contributed by atoms with Gasteiger partial charge in [0.15, 0.2) is 0 Å². The fourth-order valence-corrected chi connectivity index (χ4v) is 3.54. The third-order valence-corrected chi connectivity index (χ3v) is 4.97. The van der Waals surface area contributed by atoms with Crippen LogP contribution in [0.5, 0.6) is 5.75 Å². The lowest BCUT2D eigenvalue weighted by Crippen LogP contribution is -2.52. The molecule has 0 aliphatic carbocycles. The van der Waals surface area contributed by atoms with Crippen molar-refractivity contribution < 1.29 is 23.9 Å². The molecular formula is C19H25N3O5. The van der Waals surface area contributed by atoms with Gasteiger partial charge in [0, 0.05) is 39.1 Å². The minimum Gasteiger partial charge on any atom is -0.495 e. The number of hydrogen-bond donors (Lipinski definition) is 0. The maximum absolute atomic E-state index is 12.9. The predicted octanol–water partition coefficient (Wildman–Crippen LogP) is 1.35. The summed E-state index contributed by atoms with van der Waals surface area (Å²) in [5, 5.41) is 0. The fraction of sp³-hybridized carbons (Fsp3) is 0.526. The summed E-state index contributed by atoms with van der Waals surface area (Å²) in [5.41, 5.74) is 0.687. The Balaban J connectivity index is 1.61. The standard InChI is InChI=1S/C19H25N3O5/c1-3-27-19(25)21-10-8-20(9-11-21)18(24)14-12-17(23)22(13-14)15-6-4-5-7-16(15)26-2/h4-7,14H,3,8-13H2,1-2H3/t14-/m0/s1. The summed E-state index contributed by atoms with van der Waals surface area (Å²) in [5.74, 6) is 0.117. The van der Waals surface area contributed by atoms with Gasteiger partial charge in [0.05, 0.1) is 25.3 Å². The van der Waals surface area contributed by atoms with Crippen molar-refractivity contribution >= 4 is 23.6 Å². The number of piperazine rings is 1. The minimum atomic E-state index is -0.378. The third kappa shape index (κ3) is 3.99. The van der Waals surface area contributed by atoms with Crippen molar-refractivity contribution in [3.63, 3.8) is 0 Å².